The Balaban J connectivity index is 1.64. The van der Waals surface area contributed by atoms with Crippen LogP contribution in [0.1, 0.15) is 36.8 Å². The van der Waals surface area contributed by atoms with Gasteiger partial charge >= 0.3 is 0 Å². The summed E-state index contributed by atoms with van der Waals surface area (Å²) < 4.78 is 7.89. The zero-order valence-corrected chi connectivity index (χ0v) is 17.4. The molecule has 2 aliphatic heterocycles. The number of aliphatic imine (C=N–C) groups is 1. The minimum atomic E-state index is -0.0172. The van der Waals surface area contributed by atoms with Gasteiger partial charge in [0, 0.05) is 29.9 Å². The molecule has 6 heteroatoms. The monoisotopic (exact) mass is 404 g/mol. The van der Waals surface area contributed by atoms with Gasteiger partial charge in [-0.2, -0.15) is 0 Å². The topological polar surface area (TPSA) is 42.6 Å². The zero-order valence-electron chi connectivity index (χ0n) is 16.6. The molecular formula is C23H24N4OS. The van der Waals surface area contributed by atoms with Gasteiger partial charge in [0.25, 0.3) is 0 Å². The van der Waals surface area contributed by atoms with Crippen LogP contribution < -0.4 is 4.74 Å². The number of hydrogen-bond donors (Lipinski definition) is 0. The zero-order chi connectivity index (χ0) is 19.8. The summed E-state index contributed by atoms with van der Waals surface area (Å²) in [6.45, 7) is 2.26. The number of methoxy groups -OCH3 is 1. The molecule has 148 valence electrons. The number of thioether (sulfide) groups is 1. The van der Waals surface area contributed by atoms with Crippen molar-refractivity contribution in [3.05, 3.63) is 78.4 Å². The van der Waals surface area contributed by atoms with E-state index in [1.807, 2.05) is 42.2 Å². The van der Waals surface area contributed by atoms with Crippen molar-refractivity contribution in [3.8, 4) is 11.4 Å². The van der Waals surface area contributed by atoms with Gasteiger partial charge in [-0.05, 0) is 42.8 Å². The summed E-state index contributed by atoms with van der Waals surface area (Å²) in [7, 11) is 1.72. The summed E-state index contributed by atoms with van der Waals surface area (Å²) in [4.78, 5) is 12.3. The second-order valence-corrected chi connectivity index (χ2v) is 8.30. The van der Waals surface area contributed by atoms with E-state index in [0.29, 0.717) is 6.04 Å². The van der Waals surface area contributed by atoms with Crippen molar-refractivity contribution < 1.29 is 4.74 Å². The van der Waals surface area contributed by atoms with Gasteiger partial charge in [0.05, 0.1) is 18.5 Å². The molecule has 0 aliphatic carbocycles. The number of fused-ring (bicyclic) bond motifs is 1. The summed E-state index contributed by atoms with van der Waals surface area (Å²) in [6.07, 6.45) is 5.08. The Hall–Kier alpha value is -2.73. The second-order valence-electron chi connectivity index (χ2n) is 7.31. The van der Waals surface area contributed by atoms with Gasteiger partial charge in [-0.25, -0.2) is 0 Å². The highest BCUT2D eigenvalue weighted by Gasteiger charge is 2.46. The first kappa shape index (κ1) is 18.3. The number of pyridine rings is 1. The van der Waals surface area contributed by atoms with E-state index in [4.69, 9.17) is 9.73 Å². The number of aromatic nitrogens is 2. The molecule has 1 aromatic carbocycles. The van der Waals surface area contributed by atoms with Gasteiger partial charge in [-0.3, -0.25) is 9.98 Å². The highest BCUT2D eigenvalue weighted by atomic mass is 32.2. The Morgan fingerprint density at radius 2 is 1.97 bits per heavy atom. The minimum Gasteiger partial charge on any atom is -0.495 e. The predicted octanol–water partition coefficient (Wildman–Crippen LogP) is 4.86. The molecule has 0 N–H and O–H groups in total. The van der Waals surface area contributed by atoms with Gasteiger partial charge in [0.1, 0.15) is 17.8 Å². The lowest BCUT2D eigenvalue weighted by atomic mass is 9.99. The van der Waals surface area contributed by atoms with Crippen LogP contribution in [0.4, 0.5) is 0 Å². The Bertz CT molecular complexity index is 1030. The Morgan fingerprint density at radius 3 is 2.76 bits per heavy atom. The van der Waals surface area contributed by atoms with E-state index in [9.17, 15) is 0 Å². The maximum absolute atomic E-state index is 5.65. The molecule has 0 radical (unpaired) electrons. The van der Waals surface area contributed by atoms with Crippen LogP contribution in [0.3, 0.4) is 0 Å². The number of para-hydroxylation sites is 2. The number of rotatable bonds is 5. The maximum Gasteiger partial charge on any atom is 0.160 e. The first-order valence-corrected chi connectivity index (χ1v) is 11.0. The van der Waals surface area contributed by atoms with Crippen molar-refractivity contribution in [2.75, 3.05) is 12.9 Å². The second kappa shape index (κ2) is 7.59. The van der Waals surface area contributed by atoms with Crippen LogP contribution in [0.15, 0.2) is 72.0 Å². The molecule has 1 fully saturated rings. The number of amidine groups is 1. The molecule has 1 saturated heterocycles. The fourth-order valence-electron chi connectivity index (χ4n) is 4.35. The van der Waals surface area contributed by atoms with Crippen LogP contribution in [0, 0.1) is 0 Å². The summed E-state index contributed by atoms with van der Waals surface area (Å²) >= 11 is 1.87. The van der Waals surface area contributed by atoms with Crippen molar-refractivity contribution in [1.82, 2.24) is 14.5 Å². The number of ether oxygens (including phenoxy) is 1. The quantitative estimate of drug-likeness (QED) is 0.609. The van der Waals surface area contributed by atoms with Crippen molar-refractivity contribution in [2.24, 2.45) is 4.99 Å². The average molecular weight is 405 g/mol. The van der Waals surface area contributed by atoms with Crippen molar-refractivity contribution >= 4 is 16.9 Å². The highest BCUT2D eigenvalue weighted by Crippen LogP contribution is 2.49. The van der Waals surface area contributed by atoms with E-state index < -0.39 is 0 Å². The van der Waals surface area contributed by atoms with Crippen molar-refractivity contribution in [3.63, 3.8) is 0 Å². The van der Waals surface area contributed by atoms with Gasteiger partial charge in [0.2, 0.25) is 0 Å². The van der Waals surface area contributed by atoms with Crippen LogP contribution in [0.2, 0.25) is 0 Å². The lowest BCUT2D eigenvalue weighted by Crippen LogP contribution is -2.36. The number of nitrogens with zero attached hydrogens (tertiary/aromatic N) is 4. The van der Waals surface area contributed by atoms with E-state index >= 15 is 0 Å². The molecule has 3 aromatic rings. The number of hydrogen-bond acceptors (Lipinski definition) is 5. The smallest absolute Gasteiger partial charge is 0.160 e. The van der Waals surface area contributed by atoms with E-state index in [1.165, 1.54) is 5.69 Å². The fraction of sp³-hybridized carbons (Fsp3) is 0.304. The third kappa shape index (κ3) is 3.02. The van der Waals surface area contributed by atoms with E-state index in [2.05, 4.69) is 57.9 Å². The first-order chi connectivity index (χ1) is 14.3. The summed E-state index contributed by atoms with van der Waals surface area (Å²) in [6, 6.07) is 19.2. The van der Waals surface area contributed by atoms with E-state index in [1.54, 1.807) is 7.11 Å². The Labute approximate surface area is 175 Å². The standard InChI is InChI=1S/C23H24N4OS/c1-3-16-15-29-23-25-21(17-9-6-7-13-24-17)22(27(16)23)19-11-8-14-26(19)18-10-4-5-12-20(18)28-2/h4-14,16,21-22H,3,15H2,1-2H3/t16-,21+,22+/m0/s1. The third-order valence-corrected chi connectivity index (χ3v) is 6.88. The van der Waals surface area contributed by atoms with Crippen LogP contribution in [0.5, 0.6) is 5.75 Å². The predicted molar refractivity (Wildman–Crippen MR) is 118 cm³/mol. The molecule has 4 heterocycles. The van der Waals surface area contributed by atoms with E-state index in [0.717, 1.165) is 34.5 Å². The lowest BCUT2D eigenvalue weighted by molar-refractivity contribution is 0.248. The maximum atomic E-state index is 5.65. The molecule has 5 rings (SSSR count). The Kier molecular flexibility index (Phi) is 4.79. The van der Waals surface area contributed by atoms with Crippen LogP contribution >= 0.6 is 11.8 Å². The molecule has 2 aromatic heterocycles. The largest absolute Gasteiger partial charge is 0.495 e. The molecule has 0 spiro atoms. The molecule has 0 amide bonds. The molecule has 0 bridgehead atoms. The Morgan fingerprint density at radius 1 is 1.10 bits per heavy atom. The van der Waals surface area contributed by atoms with Crippen LogP contribution in [-0.4, -0.2) is 38.5 Å². The SMILES string of the molecule is CC[C@H]1CSC2=N[C@H](c3ccccn3)[C@@H](c3cccn3-c3ccccc3OC)N21. The third-order valence-electron chi connectivity index (χ3n) is 5.76. The van der Waals surface area contributed by atoms with Gasteiger partial charge in [-0.15, -0.1) is 0 Å². The molecule has 0 unspecified atom stereocenters. The van der Waals surface area contributed by atoms with Crippen LogP contribution in [-0.2, 0) is 0 Å². The molecule has 0 saturated carbocycles. The van der Waals surface area contributed by atoms with Gasteiger partial charge < -0.3 is 14.2 Å². The normalized spacial score (nSPS) is 23.2. The summed E-state index contributed by atoms with van der Waals surface area (Å²) in [5.74, 6) is 1.96. The van der Waals surface area contributed by atoms with E-state index in [-0.39, 0.29) is 12.1 Å². The average Bonchev–Trinajstić information content (AvgIpc) is 3.49. The molecular weight excluding hydrogens is 380 g/mol. The highest BCUT2D eigenvalue weighted by molar-refractivity contribution is 8.14. The lowest BCUT2D eigenvalue weighted by Gasteiger charge is -2.32. The molecule has 5 nitrogen and oxygen atoms in total. The van der Waals surface area contributed by atoms with Gasteiger partial charge in [-0.1, -0.05) is 36.9 Å². The minimum absolute atomic E-state index is 0.0172. The number of benzene rings is 1. The van der Waals surface area contributed by atoms with Crippen LogP contribution in [0.25, 0.3) is 5.69 Å². The fourth-order valence-corrected chi connectivity index (χ4v) is 5.69. The molecule has 2 aliphatic rings. The molecule has 29 heavy (non-hydrogen) atoms. The van der Waals surface area contributed by atoms with Crippen molar-refractivity contribution in [2.45, 2.75) is 31.5 Å². The summed E-state index contributed by atoms with van der Waals surface area (Å²) in [5, 5.41) is 1.14. The summed E-state index contributed by atoms with van der Waals surface area (Å²) in [5.41, 5.74) is 3.27. The van der Waals surface area contributed by atoms with Gasteiger partial charge in [0.15, 0.2) is 5.17 Å². The van der Waals surface area contributed by atoms with Crippen molar-refractivity contribution in [1.29, 1.82) is 0 Å². The first-order valence-electron chi connectivity index (χ1n) is 10.0. The molecule has 3 atom stereocenters.